The van der Waals surface area contributed by atoms with Crippen molar-refractivity contribution in [1.82, 2.24) is 0 Å². The smallest absolute Gasteiger partial charge is 0.338 e. The quantitative estimate of drug-likeness (QED) is 0.823. The molecule has 0 bridgehead atoms. The van der Waals surface area contributed by atoms with Crippen molar-refractivity contribution in [3.05, 3.63) is 53.1 Å². The number of carbonyl (C=O) groups is 1. The number of carbonyl (C=O) groups excluding carboxylic acids is 1. The summed E-state index contributed by atoms with van der Waals surface area (Å²) in [6, 6.07) is 10.8. The number of hydrogen-bond donors (Lipinski definition) is 2. The fourth-order valence-electron chi connectivity index (χ4n) is 2.71. The van der Waals surface area contributed by atoms with E-state index in [1.807, 2.05) is 18.2 Å². The molecular weight excluding hydrogens is 306 g/mol. The van der Waals surface area contributed by atoms with E-state index in [4.69, 9.17) is 9.47 Å². The van der Waals surface area contributed by atoms with Crippen LogP contribution in [0.5, 0.6) is 11.5 Å². The van der Waals surface area contributed by atoms with Crippen molar-refractivity contribution < 1.29 is 19.4 Å². The Morgan fingerprint density at radius 1 is 1.29 bits per heavy atom. The number of anilines is 1. The molecule has 1 aliphatic heterocycles. The highest BCUT2D eigenvalue weighted by molar-refractivity contribution is 5.89. The molecule has 0 saturated carbocycles. The molecule has 0 unspecified atom stereocenters. The number of benzene rings is 2. The number of ether oxygens (including phenoxy) is 2. The number of esters is 1. The molecule has 5 nitrogen and oxygen atoms in total. The van der Waals surface area contributed by atoms with E-state index in [-0.39, 0.29) is 11.7 Å². The van der Waals surface area contributed by atoms with Crippen LogP contribution in [0.2, 0.25) is 0 Å². The predicted octanol–water partition coefficient (Wildman–Crippen LogP) is 3.51. The van der Waals surface area contributed by atoms with Crippen LogP contribution in [0, 0.1) is 0 Å². The third-order valence-corrected chi connectivity index (χ3v) is 3.99. The zero-order valence-electron chi connectivity index (χ0n) is 13.7. The molecule has 2 N–H and O–H groups in total. The predicted molar refractivity (Wildman–Crippen MR) is 91.6 cm³/mol. The van der Waals surface area contributed by atoms with Gasteiger partial charge in [0, 0.05) is 17.8 Å². The van der Waals surface area contributed by atoms with Gasteiger partial charge in [-0.05, 0) is 61.7 Å². The van der Waals surface area contributed by atoms with Gasteiger partial charge in [-0.3, -0.25) is 0 Å². The lowest BCUT2D eigenvalue weighted by Crippen LogP contribution is -2.09. The summed E-state index contributed by atoms with van der Waals surface area (Å²) in [5.74, 6) is 0.803. The van der Waals surface area contributed by atoms with Gasteiger partial charge >= 0.3 is 5.97 Å². The lowest BCUT2D eigenvalue weighted by atomic mass is 10.0. The topological polar surface area (TPSA) is 67.8 Å². The first-order valence-electron chi connectivity index (χ1n) is 8.16. The van der Waals surface area contributed by atoms with Gasteiger partial charge in [0.05, 0.1) is 18.8 Å². The fourth-order valence-corrected chi connectivity index (χ4v) is 2.71. The number of nitrogens with one attached hydrogen (secondary N) is 1. The van der Waals surface area contributed by atoms with Gasteiger partial charge in [0.2, 0.25) is 0 Å². The molecule has 2 aromatic carbocycles. The van der Waals surface area contributed by atoms with Crippen molar-refractivity contribution in [1.29, 1.82) is 0 Å². The Hall–Kier alpha value is -2.69. The van der Waals surface area contributed by atoms with Gasteiger partial charge in [-0.1, -0.05) is 0 Å². The van der Waals surface area contributed by atoms with Crippen LogP contribution >= 0.6 is 0 Å². The average molecular weight is 327 g/mol. The molecule has 1 aliphatic rings. The van der Waals surface area contributed by atoms with E-state index >= 15 is 0 Å². The van der Waals surface area contributed by atoms with Gasteiger partial charge in [-0.25, -0.2) is 4.79 Å². The number of hydrogen-bond acceptors (Lipinski definition) is 5. The van der Waals surface area contributed by atoms with Crippen molar-refractivity contribution in [3.63, 3.8) is 0 Å². The molecule has 2 aromatic rings. The van der Waals surface area contributed by atoms with Gasteiger partial charge in [0.25, 0.3) is 0 Å². The van der Waals surface area contributed by atoms with Crippen LogP contribution in [-0.4, -0.2) is 24.3 Å². The minimum absolute atomic E-state index is 0.273. The number of fused-ring (bicyclic) bond motifs is 1. The van der Waals surface area contributed by atoms with E-state index in [2.05, 4.69) is 5.32 Å². The molecule has 3 rings (SSSR count). The van der Waals surface area contributed by atoms with Crippen LogP contribution in [-0.2, 0) is 17.7 Å². The summed E-state index contributed by atoms with van der Waals surface area (Å²) in [5, 5.41) is 13.4. The monoisotopic (exact) mass is 327 g/mol. The van der Waals surface area contributed by atoms with E-state index in [1.165, 1.54) is 0 Å². The number of phenolic OH excluding ortho intramolecular Hbond substituents is 1. The first kappa shape index (κ1) is 16.2. The molecule has 1 heterocycles. The Bertz CT molecular complexity index is 725. The lowest BCUT2D eigenvalue weighted by Gasteiger charge is -2.19. The summed E-state index contributed by atoms with van der Waals surface area (Å²) in [4.78, 5) is 11.6. The Morgan fingerprint density at radius 3 is 2.83 bits per heavy atom. The Kier molecular flexibility index (Phi) is 4.89. The summed E-state index contributed by atoms with van der Waals surface area (Å²) in [6.07, 6.45) is 1.92. The SMILES string of the molecule is CCOC(=O)c1ccc(NCc2cc3c(cc2O)CCCO3)cc1. The number of rotatable bonds is 5. The second-order valence-corrected chi connectivity index (χ2v) is 5.69. The molecule has 5 heteroatoms. The molecule has 0 aliphatic carbocycles. The normalized spacial score (nSPS) is 12.9. The number of aryl methyl sites for hydroxylation is 1. The van der Waals surface area contributed by atoms with Gasteiger partial charge in [-0.15, -0.1) is 0 Å². The van der Waals surface area contributed by atoms with E-state index in [9.17, 15) is 9.90 Å². The van der Waals surface area contributed by atoms with Crippen LogP contribution in [0.15, 0.2) is 36.4 Å². The van der Waals surface area contributed by atoms with Crippen molar-refractivity contribution in [2.75, 3.05) is 18.5 Å². The molecule has 0 atom stereocenters. The highest BCUT2D eigenvalue weighted by Crippen LogP contribution is 2.32. The summed E-state index contributed by atoms with van der Waals surface area (Å²) in [7, 11) is 0. The number of phenols is 1. The van der Waals surface area contributed by atoms with Crippen molar-refractivity contribution in [2.24, 2.45) is 0 Å². The van der Waals surface area contributed by atoms with E-state index in [1.54, 1.807) is 25.1 Å². The third kappa shape index (κ3) is 3.62. The molecule has 0 radical (unpaired) electrons. The maximum Gasteiger partial charge on any atom is 0.338 e. The van der Waals surface area contributed by atoms with Crippen LogP contribution in [0.3, 0.4) is 0 Å². The zero-order valence-corrected chi connectivity index (χ0v) is 13.7. The minimum atomic E-state index is -0.325. The van der Waals surface area contributed by atoms with Crippen molar-refractivity contribution in [2.45, 2.75) is 26.3 Å². The molecule has 126 valence electrons. The Labute approximate surface area is 141 Å². The fraction of sp³-hybridized carbons (Fsp3) is 0.316. The van der Waals surface area contributed by atoms with Crippen LogP contribution in [0.4, 0.5) is 5.69 Å². The summed E-state index contributed by atoms with van der Waals surface area (Å²) in [6.45, 7) is 3.34. The van der Waals surface area contributed by atoms with Crippen LogP contribution in [0.1, 0.15) is 34.8 Å². The van der Waals surface area contributed by atoms with Gasteiger partial charge in [0.15, 0.2) is 0 Å². The summed E-state index contributed by atoms with van der Waals surface area (Å²) >= 11 is 0. The highest BCUT2D eigenvalue weighted by atomic mass is 16.5. The molecule has 0 aromatic heterocycles. The van der Waals surface area contributed by atoms with E-state index < -0.39 is 0 Å². The maximum absolute atomic E-state index is 11.6. The molecule has 0 spiro atoms. The van der Waals surface area contributed by atoms with Crippen molar-refractivity contribution in [3.8, 4) is 11.5 Å². The molecule has 24 heavy (non-hydrogen) atoms. The third-order valence-electron chi connectivity index (χ3n) is 3.99. The Balaban J connectivity index is 1.66. The molecule has 0 saturated heterocycles. The molecule has 0 amide bonds. The standard InChI is InChI=1S/C19H21NO4/c1-2-23-19(22)13-5-7-16(8-6-13)20-12-15-11-18-14(10-17(15)21)4-3-9-24-18/h5-8,10-11,20-21H,2-4,9,12H2,1H3. The van der Waals surface area contributed by atoms with E-state index in [0.29, 0.717) is 18.7 Å². The summed E-state index contributed by atoms with van der Waals surface area (Å²) in [5.41, 5.74) is 3.22. The summed E-state index contributed by atoms with van der Waals surface area (Å²) < 4.78 is 10.6. The second-order valence-electron chi connectivity index (χ2n) is 5.69. The molecular formula is C19H21NO4. The minimum Gasteiger partial charge on any atom is -0.508 e. The van der Waals surface area contributed by atoms with E-state index in [0.717, 1.165) is 42.0 Å². The van der Waals surface area contributed by atoms with Gasteiger partial charge < -0.3 is 19.9 Å². The van der Waals surface area contributed by atoms with Gasteiger partial charge in [-0.2, -0.15) is 0 Å². The van der Waals surface area contributed by atoms with Crippen LogP contribution < -0.4 is 10.1 Å². The zero-order chi connectivity index (χ0) is 16.9. The van der Waals surface area contributed by atoms with Crippen molar-refractivity contribution >= 4 is 11.7 Å². The van der Waals surface area contributed by atoms with Crippen LogP contribution in [0.25, 0.3) is 0 Å². The first-order valence-corrected chi connectivity index (χ1v) is 8.16. The highest BCUT2D eigenvalue weighted by Gasteiger charge is 2.14. The first-order chi connectivity index (χ1) is 11.7. The largest absolute Gasteiger partial charge is 0.508 e. The lowest BCUT2D eigenvalue weighted by molar-refractivity contribution is 0.0526. The second kappa shape index (κ2) is 7.25. The van der Waals surface area contributed by atoms with Gasteiger partial charge in [0.1, 0.15) is 11.5 Å². The number of aromatic hydroxyl groups is 1. The maximum atomic E-state index is 11.6. The average Bonchev–Trinajstić information content (AvgIpc) is 2.60. The Morgan fingerprint density at radius 2 is 2.08 bits per heavy atom. The molecule has 0 fully saturated rings.